The van der Waals surface area contributed by atoms with Crippen LogP contribution in [-0.4, -0.2) is 33.0 Å². The first kappa shape index (κ1) is 12.7. The number of benzene rings is 1. The summed E-state index contributed by atoms with van der Waals surface area (Å²) in [5.41, 5.74) is 3.37. The normalized spacial score (nSPS) is 19.3. The predicted octanol–water partition coefficient (Wildman–Crippen LogP) is 1.97. The van der Waals surface area contributed by atoms with Crippen LogP contribution in [0, 0.1) is 6.92 Å². The topological polar surface area (TPSA) is 37.4 Å². The summed E-state index contributed by atoms with van der Waals surface area (Å²) in [6.07, 6.45) is 0. The van der Waals surface area contributed by atoms with Crippen LogP contribution < -0.4 is 4.90 Å². The van der Waals surface area contributed by atoms with E-state index < -0.39 is 9.84 Å². The molecular formula is C12H16ClNO2S. The average molecular weight is 274 g/mol. The molecule has 1 saturated heterocycles. The van der Waals surface area contributed by atoms with E-state index >= 15 is 0 Å². The van der Waals surface area contributed by atoms with Crippen LogP contribution in [0.15, 0.2) is 18.2 Å². The summed E-state index contributed by atoms with van der Waals surface area (Å²) in [5, 5.41) is 0. The fourth-order valence-corrected chi connectivity index (χ4v) is 3.48. The van der Waals surface area contributed by atoms with Gasteiger partial charge in [0.25, 0.3) is 0 Å². The highest BCUT2D eigenvalue weighted by atomic mass is 35.5. The molecule has 1 aliphatic rings. The fourth-order valence-electron chi connectivity index (χ4n) is 2.11. The molecule has 0 atom stereocenters. The number of hydrogen-bond donors (Lipinski definition) is 0. The Morgan fingerprint density at radius 3 is 2.47 bits per heavy atom. The third-order valence-corrected chi connectivity index (χ3v) is 5.02. The van der Waals surface area contributed by atoms with Crippen molar-refractivity contribution in [3.63, 3.8) is 0 Å². The van der Waals surface area contributed by atoms with E-state index in [0.29, 0.717) is 19.0 Å². The highest BCUT2D eigenvalue weighted by Crippen LogP contribution is 2.23. The number of alkyl halides is 1. The molecule has 1 fully saturated rings. The van der Waals surface area contributed by atoms with Crippen molar-refractivity contribution in [2.24, 2.45) is 0 Å². The predicted molar refractivity (Wildman–Crippen MR) is 71.6 cm³/mol. The SMILES string of the molecule is Cc1cc(CCl)ccc1N1CCS(=O)(=O)CC1. The first-order valence-electron chi connectivity index (χ1n) is 5.63. The van der Waals surface area contributed by atoms with Crippen LogP contribution in [-0.2, 0) is 15.7 Å². The number of sulfone groups is 1. The Kier molecular flexibility index (Phi) is 3.64. The van der Waals surface area contributed by atoms with Gasteiger partial charge in [0.1, 0.15) is 0 Å². The second kappa shape index (κ2) is 4.86. The van der Waals surface area contributed by atoms with Gasteiger partial charge in [0, 0.05) is 24.7 Å². The highest BCUT2D eigenvalue weighted by molar-refractivity contribution is 7.91. The standard InChI is InChI=1S/C12H16ClNO2S/c1-10-8-11(9-13)2-3-12(10)14-4-6-17(15,16)7-5-14/h2-3,8H,4-7,9H2,1H3. The van der Waals surface area contributed by atoms with Gasteiger partial charge in [-0.3, -0.25) is 0 Å². The van der Waals surface area contributed by atoms with Crippen molar-refractivity contribution in [2.45, 2.75) is 12.8 Å². The Bertz CT molecular complexity index is 499. The summed E-state index contributed by atoms with van der Waals surface area (Å²) < 4.78 is 22.7. The average Bonchev–Trinajstić information content (AvgIpc) is 2.29. The summed E-state index contributed by atoms with van der Waals surface area (Å²) in [6.45, 7) is 3.21. The second-order valence-corrected chi connectivity index (χ2v) is 6.96. The first-order valence-corrected chi connectivity index (χ1v) is 7.98. The van der Waals surface area contributed by atoms with Crippen LogP contribution in [0.1, 0.15) is 11.1 Å². The van der Waals surface area contributed by atoms with Crippen molar-refractivity contribution in [3.05, 3.63) is 29.3 Å². The van der Waals surface area contributed by atoms with E-state index in [9.17, 15) is 8.42 Å². The third kappa shape index (κ3) is 2.93. The van der Waals surface area contributed by atoms with E-state index in [4.69, 9.17) is 11.6 Å². The van der Waals surface area contributed by atoms with Gasteiger partial charge in [-0.1, -0.05) is 12.1 Å². The summed E-state index contributed by atoms with van der Waals surface area (Å²) in [6, 6.07) is 6.09. The molecule has 1 heterocycles. The molecule has 2 rings (SSSR count). The van der Waals surface area contributed by atoms with E-state index in [0.717, 1.165) is 16.8 Å². The van der Waals surface area contributed by atoms with Gasteiger partial charge in [-0.2, -0.15) is 0 Å². The molecule has 0 aromatic heterocycles. The van der Waals surface area contributed by atoms with Gasteiger partial charge in [-0.25, -0.2) is 8.42 Å². The maximum atomic E-state index is 11.4. The zero-order valence-corrected chi connectivity index (χ0v) is 11.4. The number of nitrogens with zero attached hydrogens (tertiary/aromatic N) is 1. The van der Waals surface area contributed by atoms with Crippen LogP contribution >= 0.6 is 11.6 Å². The van der Waals surface area contributed by atoms with Crippen molar-refractivity contribution in [1.82, 2.24) is 0 Å². The molecular weight excluding hydrogens is 258 g/mol. The fraction of sp³-hybridized carbons (Fsp3) is 0.500. The van der Waals surface area contributed by atoms with Crippen LogP contribution in [0.2, 0.25) is 0 Å². The lowest BCUT2D eigenvalue weighted by atomic mass is 10.1. The van der Waals surface area contributed by atoms with Crippen molar-refractivity contribution in [2.75, 3.05) is 29.5 Å². The molecule has 1 aromatic rings. The first-order chi connectivity index (χ1) is 8.02. The molecule has 0 amide bonds. The number of hydrogen-bond acceptors (Lipinski definition) is 3. The lowest BCUT2D eigenvalue weighted by Crippen LogP contribution is -2.40. The molecule has 0 saturated carbocycles. The number of rotatable bonds is 2. The highest BCUT2D eigenvalue weighted by Gasteiger charge is 2.22. The molecule has 17 heavy (non-hydrogen) atoms. The molecule has 0 spiro atoms. The Labute approximate surface area is 107 Å². The van der Waals surface area contributed by atoms with Gasteiger partial charge in [0.15, 0.2) is 9.84 Å². The van der Waals surface area contributed by atoms with Crippen molar-refractivity contribution in [3.8, 4) is 0 Å². The lowest BCUT2D eigenvalue weighted by Gasteiger charge is -2.30. The molecule has 0 bridgehead atoms. The van der Waals surface area contributed by atoms with Gasteiger partial charge in [0.2, 0.25) is 0 Å². The summed E-state index contributed by atoms with van der Waals surface area (Å²) in [7, 11) is -2.81. The van der Waals surface area contributed by atoms with Crippen LogP contribution in [0.25, 0.3) is 0 Å². The van der Waals surface area contributed by atoms with Crippen molar-refractivity contribution < 1.29 is 8.42 Å². The minimum atomic E-state index is -2.81. The summed E-state index contributed by atoms with van der Waals surface area (Å²) >= 11 is 5.78. The van der Waals surface area contributed by atoms with Gasteiger partial charge in [-0.05, 0) is 24.1 Å². The van der Waals surface area contributed by atoms with E-state index in [1.54, 1.807) is 0 Å². The molecule has 0 N–H and O–H groups in total. The molecule has 1 aromatic carbocycles. The van der Waals surface area contributed by atoms with Crippen LogP contribution in [0.5, 0.6) is 0 Å². The lowest BCUT2D eigenvalue weighted by molar-refractivity contribution is 0.586. The summed E-state index contributed by atoms with van der Waals surface area (Å²) in [5.74, 6) is 1.02. The third-order valence-electron chi connectivity index (χ3n) is 3.10. The van der Waals surface area contributed by atoms with Crippen LogP contribution in [0.4, 0.5) is 5.69 Å². The zero-order chi connectivity index (χ0) is 12.5. The summed E-state index contributed by atoms with van der Waals surface area (Å²) in [4.78, 5) is 2.13. The van der Waals surface area contributed by atoms with E-state index in [1.807, 2.05) is 19.1 Å². The van der Waals surface area contributed by atoms with E-state index in [2.05, 4.69) is 11.0 Å². The maximum absolute atomic E-state index is 11.4. The van der Waals surface area contributed by atoms with Gasteiger partial charge in [-0.15, -0.1) is 11.6 Å². The quantitative estimate of drug-likeness (QED) is 0.773. The minimum Gasteiger partial charge on any atom is -0.369 e. The largest absolute Gasteiger partial charge is 0.369 e. The molecule has 0 aliphatic carbocycles. The second-order valence-electron chi connectivity index (χ2n) is 4.39. The Morgan fingerprint density at radius 1 is 1.29 bits per heavy atom. The van der Waals surface area contributed by atoms with Gasteiger partial charge >= 0.3 is 0 Å². The molecule has 1 aliphatic heterocycles. The minimum absolute atomic E-state index is 0.254. The smallest absolute Gasteiger partial charge is 0.153 e. The number of halogens is 1. The molecule has 3 nitrogen and oxygen atoms in total. The Hall–Kier alpha value is -0.740. The maximum Gasteiger partial charge on any atom is 0.153 e. The van der Waals surface area contributed by atoms with Crippen molar-refractivity contribution >= 4 is 27.1 Å². The van der Waals surface area contributed by atoms with Gasteiger partial charge in [0.05, 0.1) is 11.5 Å². The monoisotopic (exact) mass is 273 g/mol. The molecule has 0 radical (unpaired) electrons. The number of anilines is 1. The Balaban J connectivity index is 2.19. The van der Waals surface area contributed by atoms with Crippen LogP contribution in [0.3, 0.4) is 0 Å². The van der Waals surface area contributed by atoms with Gasteiger partial charge < -0.3 is 4.90 Å². The Morgan fingerprint density at radius 2 is 1.94 bits per heavy atom. The number of aryl methyl sites for hydroxylation is 1. The van der Waals surface area contributed by atoms with Crippen molar-refractivity contribution in [1.29, 1.82) is 0 Å². The molecule has 5 heteroatoms. The molecule has 94 valence electrons. The molecule has 0 unspecified atom stereocenters. The van der Waals surface area contributed by atoms with E-state index in [-0.39, 0.29) is 11.5 Å². The zero-order valence-electron chi connectivity index (χ0n) is 9.82. The van der Waals surface area contributed by atoms with E-state index in [1.165, 1.54) is 0 Å².